The number of hydrogen-bond donors (Lipinski definition) is 1. The van der Waals surface area contributed by atoms with E-state index >= 15 is 0 Å². The lowest BCUT2D eigenvalue weighted by Gasteiger charge is -2.16. The minimum Gasteiger partial charge on any atom is -0.495 e. The molecule has 0 spiro atoms. The predicted octanol–water partition coefficient (Wildman–Crippen LogP) is 2.69. The summed E-state index contributed by atoms with van der Waals surface area (Å²) in [7, 11) is 3.64. The molecule has 19 heavy (non-hydrogen) atoms. The van der Waals surface area contributed by atoms with Crippen molar-refractivity contribution in [1.29, 1.82) is 0 Å². The molecule has 1 aromatic carbocycles. The van der Waals surface area contributed by atoms with Crippen molar-refractivity contribution >= 4 is 16.9 Å². The Bertz CT molecular complexity index is 653. The quantitative estimate of drug-likeness (QED) is 0.918. The Hall–Kier alpha value is -1.97. The zero-order chi connectivity index (χ0) is 13.6. The number of carbonyl (C=O) groups is 1. The van der Waals surface area contributed by atoms with Gasteiger partial charge in [-0.3, -0.25) is 4.79 Å². The number of aryl methyl sites for hydroxylation is 1. The first-order valence-electron chi connectivity index (χ1n) is 6.42. The number of methoxy groups -OCH3 is 1. The number of carboxylic acids is 1. The molecular formula is C15H17NO3. The topological polar surface area (TPSA) is 51.5 Å². The molecule has 100 valence electrons. The zero-order valence-corrected chi connectivity index (χ0v) is 11.1. The fraction of sp³-hybridized carbons (Fsp3) is 0.400. The Morgan fingerprint density at radius 2 is 2.16 bits per heavy atom. The maximum absolute atomic E-state index is 11.1. The molecule has 3 rings (SSSR count). The SMILES string of the molecule is COc1ccc(C2(CC(=O)O)CC2)c2ccn(C)c12. The number of ether oxygens (including phenoxy) is 1. The second-order valence-corrected chi connectivity index (χ2v) is 5.36. The van der Waals surface area contributed by atoms with E-state index < -0.39 is 5.97 Å². The number of fused-ring (bicyclic) bond motifs is 1. The van der Waals surface area contributed by atoms with Crippen LogP contribution in [-0.2, 0) is 17.3 Å². The molecule has 2 aromatic rings. The Morgan fingerprint density at radius 3 is 2.74 bits per heavy atom. The zero-order valence-electron chi connectivity index (χ0n) is 11.1. The molecule has 1 saturated carbocycles. The van der Waals surface area contributed by atoms with E-state index in [1.807, 2.05) is 29.9 Å². The number of aromatic nitrogens is 1. The fourth-order valence-corrected chi connectivity index (χ4v) is 2.99. The summed E-state index contributed by atoms with van der Waals surface area (Å²) >= 11 is 0. The van der Waals surface area contributed by atoms with Crippen molar-refractivity contribution in [3.05, 3.63) is 30.0 Å². The van der Waals surface area contributed by atoms with Gasteiger partial charge in [0.1, 0.15) is 5.75 Å². The standard InChI is InChI=1S/C15H17NO3/c1-16-8-5-10-11(3-4-12(19-2)14(10)16)15(6-7-15)9-13(17)18/h3-5,8H,6-7,9H2,1-2H3,(H,17,18). The lowest BCUT2D eigenvalue weighted by Crippen LogP contribution is -2.13. The van der Waals surface area contributed by atoms with Crippen LogP contribution in [0.15, 0.2) is 24.4 Å². The molecule has 4 heteroatoms. The maximum atomic E-state index is 11.1. The van der Waals surface area contributed by atoms with Crippen molar-refractivity contribution in [2.75, 3.05) is 7.11 Å². The lowest BCUT2D eigenvalue weighted by atomic mass is 9.89. The molecule has 0 unspecified atom stereocenters. The molecule has 1 aromatic heterocycles. The van der Waals surface area contributed by atoms with E-state index in [9.17, 15) is 4.79 Å². The van der Waals surface area contributed by atoms with Crippen LogP contribution in [0.2, 0.25) is 0 Å². The third kappa shape index (κ3) is 1.79. The van der Waals surface area contributed by atoms with Gasteiger partial charge in [-0.2, -0.15) is 0 Å². The van der Waals surface area contributed by atoms with Crippen LogP contribution < -0.4 is 4.74 Å². The van der Waals surface area contributed by atoms with Crippen LogP contribution >= 0.6 is 0 Å². The van der Waals surface area contributed by atoms with Crippen molar-refractivity contribution in [1.82, 2.24) is 4.57 Å². The Morgan fingerprint density at radius 1 is 1.42 bits per heavy atom. The van der Waals surface area contributed by atoms with Crippen molar-refractivity contribution < 1.29 is 14.6 Å². The smallest absolute Gasteiger partial charge is 0.304 e. The summed E-state index contributed by atoms with van der Waals surface area (Å²) in [6, 6.07) is 6.02. The van der Waals surface area contributed by atoms with Gasteiger partial charge < -0.3 is 14.4 Å². The summed E-state index contributed by atoms with van der Waals surface area (Å²) in [5, 5.41) is 10.2. The molecule has 4 nitrogen and oxygen atoms in total. The number of rotatable bonds is 4. The van der Waals surface area contributed by atoms with Crippen LogP contribution in [0.4, 0.5) is 0 Å². The average molecular weight is 259 g/mol. The van der Waals surface area contributed by atoms with E-state index in [0.29, 0.717) is 0 Å². The first-order valence-corrected chi connectivity index (χ1v) is 6.42. The summed E-state index contributed by atoms with van der Waals surface area (Å²) in [6.07, 6.45) is 4.11. The normalized spacial score (nSPS) is 16.5. The van der Waals surface area contributed by atoms with Crippen molar-refractivity contribution in [2.24, 2.45) is 7.05 Å². The van der Waals surface area contributed by atoms with Gasteiger partial charge in [0.15, 0.2) is 0 Å². The number of carboxylic acid groups (broad SMARTS) is 1. The second-order valence-electron chi connectivity index (χ2n) is 5.36. The average Bonchev–Trinajstić information content (AvgIpc) is 3.04. The number of aliphatic carboxylic acids is 1. The van der Waals surface area contributed by atoms with Gasteiger partial charge in [0.2, 0.25) is 0 Å². The molecule has 1 heterocycles. The number of hydrogen-bond acceptors (Lipinski definition) is 2. The van der Waals surface area contributed by atoms with Gasteiger partial charge in [-0.15, -0.1) is 0 Å². The summed E-state index contributed by atoms with van der Waals surface area (Å²) in [5.74, 6) is 0.106. The van der Waals surface area contributed by atoms with Crippen molar-refractivity contribution in [3.63, 3.8) is 0 Å². The lowest BCUT2D eigenvalue weighted by molar-refractivity contribution is -0.137. The molecule has 1 aliphatic rings. The highest BCUT2D eigenvalue weighted by Gasteiger charge is 2.47. The van der Waals surface area contributed by atoms with E-state index in [-0.39, 0.29) is 11.8 Å². The third-order valence-electron chi connectivity index (χ3n) is 4.13. The first-order chi connectivity index (χ1) is 9.07. The fourth-order valence-electron chi connectivity index (χ4n) is 2.99. The van der Waals surface area contributed by atoms with Crippen LogP contribution in [0.5, 0.6) is 5.75 Å². The van der Waals surface area contributed by atoms with Gasteiger partial charge in [-0.05, 0) is 30.5 Å². The number of benzene rings is 1. The van der Waals surface area contributed by atoms with Crippen molar-refractivity contribution in [2.45, 2.75) is 24.7 Å². The Kier molecular flexibility index (Phi) is 2.55. The van der Waals surface area contributed by atoms with Crippen molar-refractivity contribution in [3.8, 4) is 5.75 Å². The van der Waals surface area contributed by atoms with E-state index in [0.717, 1.165) is 35.1 Å². The molecule has 0 amide bonds. The molecule has 1 N–H and O–H groups in total. The molecule has 0 aliphatic heterocycles. The van der Waals surface area contributed by atoms with Crippen LogP contribution in [-0.4, -0.2) is 22.8 Å². The highest BCUT2D eigenvalue weighted by atomic mass is 16.5. The van der Waals surface area contributed by atoms with E-state index in [1.54, 1.807) is 7.11 Å². The van der Waals surface area contributed by atoms with Gasteiger partial charge in [0.05, 0.1) is 19.0 Å². The van der Waals surface area contributed by atoms with Crippen LogP contribution in [0.25, 0.3) is 10.9 Å². The highest BCUT2D eigenvalue weighted by molar-refractivity contribution is 5.91. The molecule has 1 aliphatic carbocycles. The van der Waals surface area contributed by atoms with Gasteiger partial charge in [-0.25, -0.2) is 0 Å². The number of nitrogens with zero attached hydrogens (tertiary/aromatic N) is 1. The molecule has 0 bridgehead atoms. The monoisotopic (exact) mass is 259 g/mol. The second kappa shape index (κ2) is 4.02. The van der Waals surface area contributed by atoms with Gasteiger partial charge in [-0.1, -0.05) is 6.07 Å². The molecular weight excluding hydrogens is 242 g/mol. The van der Waals surface area contributed by atoms with Crippen LogP contribution in [0, 0.1) is 0 Å². The summed E-state index contributed by atoms with van der Waals surface area (Å²) in [4.78, 5) is 11.1. The van der Waals surface area contributed by atoms with Gasteiger partial charge >= 0.3 is 5.97 Å². The highest BCUT2D eigenvalue weighted by Crippen LogP contribution is 2.53. The van der Waals surface area contributed by atoms with Crippen LogP contribution in [0.1, 0.15) is 24.8 Å². The summed E-state index contributed by atoms with van der Waals surface area (Å²) in [5.41, 5.74) is 2.01. The third-order valence-corrected chi connectivity index (χ3v) is 4.13. The van der Waals surface area contributed by atoms with E-state index in [2.05, 4.69) is 6.07 Å². The minimum atomic E-state index is -0.725. The summed E-state index contributed by atoms with van der Waals surface area (Å²) in [6.45, 7) is 0. The predicted molar refractivity (Wildman–Crippen MR) is 72.6 cm³/mol. The van der Waals surface area contributed by atoms with Crippen LogP contribution in [0.3, 0.4) is 0 Å². The largest absolute Gasteiger partial charge is 0.495 e. The van der Waals surface area contributed by atoms with E-state index in [4.69, 9.17) is 9.84 Å². The Balaban J connectivity index is 2.18. The van der Waals surface area contributed by atoms with Gasteiger partial charge in [0.25, 0.3) is 0 Å². The molecule has 1 fully saturated rings. The first kappa shape index (κ1) is 12.1. The molecule has 0 radical (unpaired) electrons. The molecule has 0 saturated heterocycles. The minimum absolute atomic E-state index is 0.169. The summed E-state index contributed by atoms with van der Waals surface area (Å²) < 4.78 is 7.42. The maximum Gasteiger partial charge on any atom is 0.304 e. The van der Waals surface area contributed by atoms with Gasteiger partial charge in [0, 0.05) is 24.0 Å². The molecule has 0 atom stereocenters. The Labute approximate surface area is 111 Å². The van der Waals surface area contributed by atoms with E-state index in [1.165, 1.54) is 0 Å².